The van der Waals surface area contributed by atoms with Crippen LogP contribution in [0.3, 0.4) is 0 Å². The van der Waals surface area contributed by atoms with E-state index in [1.807, 2.05) is 11.4 Å². The first-order chi connectivity index (χ1) is 8.29. The lowest BCUT2D eigenvalue weighted by Crippen LogP contribution is -2.22. The van der Waals surface area contributed by atoms with Crippen LogP contribution >= 0.6 is 11.3 Å². The predicted octanol–water partition coefficient (Wildman–Crippen LogP) is 1.94. The van der Waals surface area contributed by atoms with Gasteiger partial charge in [0.05, 0.1) is 18.2 Å². The maximum Gasteiger partial charge on any atom is 0.251 e. The lowest BCUT2D eigenvalue weighted by Gasteiger charge is -2.03. The molecule has 4 nitrogen and oxygen atoms in total. The third-order valence-electron chi connectivity index (χ3n) is 2.14. The van der Waals surface area contributed by atoms with Crippen LogP contribution in [-0.2, 0) is 6.54 Å². The molecule has 1 aromatic heterocycles. The Kier molecular flexibility index (Phi) is 3.48. The summed E-state index contributed by atoms with van der Waals surface area (Å²) in [5.41, 5.74) is 0.965. The molecule has 5 heteroatoms. The van der Waals surface area contributed by atoms with Gasteiger partial charge >= 0.3 is 0 Å². The monoisotopic (exact) mass is 243 g/mol. The van der Waals surface area contributed by atoms with Crippen molar-refractivity contribution in [2.24, 2.45) is 0 Å². The smallest absolute Gasteiger partial charge is 0.251 e. The molecule has 1 amide bonds. The third kappa shape index (κ3) is 2.89. The van der Waals surface area contributed by atoms with Crippen molar-refractivity contribution < 1.29 is 4.79 Å². The average Bonchev–Trinajstić information content (AvgIpc) is 2.89. The Morgan fingerprint density at radius 3 is 3.12 bits per heavy atom. The Labute approximate surface area is 103 Å². The number of hydrogen-bond acceptors (Lipinski definition) is 4. The van der Waals surface area contributed by atoms with Crippen LogP contribution in [0.15, 0.2) is 35.8 Å². The molecule has 0 saturated carbocycles. The van der Waals surface area contributed by atoms with E-state index < -0.39 is 0 Å². The van der Waals surface area contributed by atoms with Gasteiger partial charge in [-0.1, -0.05) is 6.07 Å². The molecule has 0 spiro atoms. The van der Waals surface area contributed by atoms with Crippen LogP contribution in [0.4, 0.5) is 0 Å². The molecule has 0 aliphatic heterocycles. The molecule has 0 atom stereocenters. The molecule has 84 valence electrons. The average molecular weight is 243 g/mol. The lowest BCUT2D eigenvalue weighted by molar-refractivity contribution is 0.0951. The summed E-state index contributed by atoms with van der Waals surface area (Å²) in [6.07, 6.45) is 1.70. The van der Waals surface area contributed by atoms with Crippen molar-refractivity contribution >= 4 is 17.2 Å². The third-order valence-corrected chi connectivity index (χ3v) is 2.92. The Morgan fingerprint density at radius 2 is 2.41 bits per heavy atom. The van der Waals surface area contributed by atoms with Gasteiger partial charge in [0.2, 0.25) is 0 Å². The van der Waals surface area contributed by atoms with E-state index in [4.69, 9.17) is 5.26 Å². The van der Waals surface area contributed by atoms with Crippen molar-refractivity contribution in [2.75, 3.05) is 0 Å². The number of benzene rings is 1. The Balaban J connectivity index is 2.02. The van der Waals surface area contributed by atoms with E-state index in [1.165, 1.54) is 11.3 Å². The molecule has 0 aliphatic carbocycles. The molecule has 2 aromatic rings. The van der Waals surface area contributed by atoms with Gasteiger partial charge < -0.3 is 5.32 Å². The summed E-state index contributed by atoms with van der Waals surface area (Å²) < 4.78 is 0. The summed E-state index contributed by atoms with van der Waals surface area (Å²) in [7, 11) is 0. The molecule has 17 heavy (non-hydrogen) atoms. The second-order valence-electron chi connectivity index (χ2n) is 3.30. The van der Waals surface area contributed by atoms with E-state index in [-0.39, 0.29) is 5.91 Å². The lowest BCUT2D eigenvalue weighted by atomic mass is 10.1. The van der Waals surface area contributed by atoms with Crippen molar-refractivity contribution in [1.29, 1.82) is 5.26 Å². The molecule has 1 heterocycles. The highest BCUT2D eigenvalue weighted by Crippen LogP contribution is 2.06. The number of carbonyl (C=O) groups excluding carboxylic acids is 1. The van der Waals surface area contributed by atoms with E-state index in [9.17, 15) is 4.79 Å². The second kappa shape index (κ2) is 5.23. The zero-order chi connectivity index (χ0) is 12.1. The number of nitrogens with zero attached hydrogens (tertiary/aromatic N) is 2. The Bertz CT molecular complexity index is 557. The molecule has 2 rings (SSSR count). The maximum atomic E-state index is 11.8. The highest BCUT2D eigenvalue weighted by Gasteiger charge is 2.06. The first kappa shape index (κ1) is 11.3. The zero-order valence-corrected chi connectivity index (χ0v) is 9.70. The van der Waals surface area contributed by atoms with Crippen molar-refractivity contribution in [1.82, 2.24) is 10.3 Å². The molecule has 1 aromatic carbocycles. The summed E-state index contributed by atoms with van der Waals surface area (Å²) in [6, 6.07) is 8.60. The molecule has 0 saturated heterocycles. The summed E-state index contributed by atoms with van der Waals surface area (Å²) in [4.78, 5) is 15.8. The fraction of sp³-hybridized carbons (Fsp3) is 0.0833. The minimum atomic E-state index is -0.197. The number of hydrogen-bond donors (Lipinski definition) is 1. The minimum absolute atomic E-state index is 0.197. The molecule has 0 bridgehead atoms. The van der Waals surface area contributed by atoms with E-state index >= 15 is 0 Å². The van der Waals surface area contributed by atoms with E-state index in [0.29, 0.717) is 17.7 Å². The van der Waals surface area contributed by atoms with Gasteiger partial charge in [-0.2, -0.15) is 5.26 Å². The van der Waals surface area contributed by atoms with E-state index in [0.717, 1.165) is 5.01 Å². The highest BCUT2D eigenvalue weighted by molar-refractivity contribution is 7.09. The first-order valence-electron chi connectivity index (χ1n) is 4.96. The van der Waals surface area contributed by atoms with Crippen LogP contribution in [0.1, 0.15) is 20.9 Å². The number of aromatic nitrogens is 1. The number of carbonyl (C=O) groups is 1. The fourth-order valence-electron chi connectivity index (χ4n) is 1.33. The van der Waals surface area contributed by atoms with Gasteiger partial charge in [0.15, 0.2) is 0 Å². The van der Waals surface area contributed by atoms with Gasteiger partial charge in [0, 0.05) is 17.1 Å². The zero-order valence-electron chi connectivity index (χ0n) is 8.88. The molecule has 0 radical (unpaired) electrons. The number of nitrogens with one attached hydrogen (secondary N) is 1. The van der Waals surface area contributed by atoms with Crippen LogP contribution in [0.2, 0.25) is 0 Å². The first-order valence-corrected chi connectivity index (χ1v) is 5.84. The van der Waals surface area contributed by atoms with Crippen LogP contribution in [-0.4, -0.2) is 10.9 Å². The van der Waals surface area contributed by atoms with E-state index in [2.05, 4.69) is 10.3 Å². The highest BCUT2D eigenvalue weighted by atomic mass is 32.1. The minimum Gasteiger partial charge on any atom is -0.346 e. The summed E-state index contributed by atoms with van der Waals surface area (Å²) in [5, 5.41) is 14.2. The van der Waals surface area contributed by atoms with Gasteiger partial charge in [-0.05, 0) is 18.2 Å². The molecule has 0 unspecified atom stereocenters. The Morgan fingerprint density at radius 1 is 1.53 bits per heavy atom. The Hall–Kier alpha value is -2.19. The standard InChI is InChI=1S/C12H9N3OS/c13-7-9-2-1-3-10(6-9)12(16)15-8-11-14-4-5-17-11/h1-6H,8H2,(H,15,16). The quantitative estimate of drug-likeness (QED) is 0.896. The van der Waals surface area contributed by atoms with E-state index in [1.54, 1.807) is 30.5 Å². The van der Waals surface area contributed by atoms with Gasteiger partial charge in [0.1, 0.15) is 5.01 Å². The topological polar surface area (TPSA) is 65.8 Å². The summed E-state index contributed by atoms with van der Waals surface area (Å²) >= 11 is 1.49. The van der Waals surface area contributed by atoms with Crippen LogP contribution < -0.4 is 5.32 Å². The van der Waals surface area contributed by atoms with Crippen molar-refractivity contribution in [3.63, 3.8) is 0 Å². The van der Waals surface area contributed by atoms with Gasteiger partial charge in [0.25, 0.3) is 5.91 Å². The molecular weight excluding hydrogens is 234 g/mol. The SMILES string of the molecule is N#Cc1cccc(C(=O)NCc2nccs2)c1. The fourth-order valence-corrected chi connectivity index (χ4v) is 1.88. The van der Waals surface area contributed by atoms with Crippen LogP contribution in [0.25, 0.3) is 0 Å². The number of amides is 1. The predicted molar refractivity (Wildman–Crippen MR) is 64.4 cm³/mol. The summed E-state index contributed by atoms with van der Waals surface area (Å²) in [5.74, 6) is -0.197. The number of thiazole rings is 1. The maximum absolute atomic E-state index is 11.8. The largest absolute Gasteiger partial charge is 0.346 e. The molecule has 0 fully saturated rings. The molecule has 1 N–H and O–H groups in total. The van der Waals surface area contributed by atoms with Gasteiger partial charge in [-0.15, -0.1) is 11.3 Å². The van der Waals surface area contributed by atoms with Gasteiger partial charge in [-0.3, -0.25) is 4.79 Å². The number of rotatable bonds is 3. The van der Waals surface area contributed by atoms with Crippen molar-refractivity contribution in [2.45, 2.75) is 6.54 Å². The molecular formula is C12H9N3OS. The van der Waals surface area contributed by atoms with Gasteiger partial charge in [-0.25, -0.2) is 4.98 Å². The van der Waals surface area contributed by atoms with Crippen molar-refractivity contribution in [3.8, 4) is 6.07 Å². The second-order valence-corrected chi connectivity index (χ2v) is 4.28. The molecule has 0 aliphatic rings. The normalized spacial score (nSPS) is 9.59. The van der Waals surface area contributed by atoms with Crippen LogP contribution in [0.5, 0.6) is 0 Å². The van der Waals surface area contributed by atoms with Crippen molar-refractivity contribution in [3.05, 3.63) is 52.0 Å². The number of nitriles is 1. The van der Waals surface area contributed by atoms with Crippen LogP contribution in [0, 0.1) is 11.3 Å². The summed E-state index contributed by atoms with van der Waals surface area (Å²) in [6.45, 7) is 0.410.